The Morgan fingerprint density at radius 1 is 1.04 bits per heavy atom. The Labute approximate surface area is 157 Å². The van der Waals surface area contributed by atoms with E-state index < -0.39 is 0 Å². The van der Waals surface area contributed by atoms with Crippen molar-refractivity contribution in [2.45, 2.75) is 6.92 Å². The average Bonchev–Trinajstić information content (AvgIpc) is 2.92. The zero-order valence-corrected chi connectivity index (χ0v) is 15.5. The molecule has 1 N–H and O–H groups in total. The van der Waals surface area contributed by atoms with Crippen LogP contribution in [0, 0.1) is 6.92 Å². The van der Waals surface area contributed by atoms with E-state index in [1.807, 2.05) is 49.4 Å². The quantitative estimate of drug-likeness (QED) is 0.463. The van der Waals surface area contributed by atoms with Crippen LogP contribution in [0.1, 0.15) is 4.88 Å². The second-order valence-electron chi connectivity index (χ2n) is 5.61. The van der Waals surface area contributed by atoms with Crippen LogP contribution in [-0.2, 0) is 0 Å². The van der Waals surface area contributed by atoms with Gasteiger partial charge in [-0.3, -0.25) is 4.79 Å². The normalized spacial score (nSPS) is 11.2. The van der Waals surface area contributed by atoms with Crippen LogP contribution in [0.2, 0.25) is 10.0 Å². The van der Waals surface area contributed by atoms with E-state index in [4.69, 9.17) is 23.2 Å². The second-order valence-corrected chi connectivity index (χ2v) is 7.66. The third-order valence-corrected chi connectivity index (χ3v) is 5.58. The molecule has 2 aromatic carbocycles. The molecule has 0 spiro atoms. The molecule has 0 bridgehead atoms. The largest absolute Gasteiger partial charge is 0.306 e. The Morgan fingerprint density at radius 3 is 2.48 bits per heavy atom. The lowest BCUT2D eigenvalue weighted by molar-refractivity contribution is 1.19. The van der Waals surface area contributed by atoms with E-state index in [0.717, 1.165) is 16.0 Å². The molecule has 6 heteroatoms. The number of thiophene rings is 1. The minimum Gasteiger partial charge on any atom is -0.306 e. The van der Waals surface area contributed by atoms with Crippen molar-refractivity contribution in [2.24, 2.45) is 0 Å². The molecule has 0 aliphatic rings. The molecule has 0 saturated heterocycles. The first-order chi connectivity index (χ1) is 12.0. The Kier molecular flexibility index (Phi) is 4.12. The number of benzene rings is 2. The third-order valence-electron chi connectivity index (χ3n) is 4.00. The molecule has 4 rings (SSSR count). The highest BCUT2D eigenvalue weighted by Gasteiger charge is 2.17. The minimum absolute atomic E-state index is 0.172. The summed E-state index contributed by atoms with van der Waals surface area (Å²) in [4.78, 5) is 22.0. The van der Waals surface area contributed by atoms with Crippen molar-refractivity contribution in [1.82, 2.24) is 9.97 Å². The van der Waals surface area contributed by atoms with Crippen molar-refractivity contribution in [1.29, 1.82) is 0 Å². The van der Waals surface area contributed by atoms with E-state index in [2.05, 4.69) is 9.97 Å². The van der Waals surface area contributed by atoms with Crippen molar-refractivity contribution >= 4 is 44.8 Å². The van der Waals surface area contributed by atoms with Crippen LogP contribution in [0.25, 0.3) is 32.7 Å². The van der Waals surface area contributed by atoms with Gasteiger partial charge in [0.2, 0.25) is 0 Å². The Hall–Kier alpha value is -2.14. The van der Waals surface area contributed by atoms with E-state index in [0.29, 0.717) is 31.6 Å². The number of aryl methyl sites for hydroxylation is 1. The molecule has 0 aliphatic carbocycles. The molecule has 0 amide bonds. The number of rotatable bonds is 2. The molecule has 2 aromatic heterocycles. The van der Waals surface area contributed by atoms with Crippen LogP contribution in [0.3, 0.4) is 0 Å². The van der Waals surface area contributed by atoms with Gasteiger partial charge in [0, 0.05) is 21.0 Å². The Bertz CT molecular complexity index is 1150. The summed E-state index contributed by atoms with van der Waals surface area (Å²) in [6.45, 7) is 1.99. The number of hydrogen-bond donors (Lipinski definition) is 1. The van der Waals surface area contributed by atoms with Gasteiger partial charge in [-0.1, -0.05) is 47.5 Å². The third kappa shape index (κ3) is 2.86. The summed E-state index contributed by atoms with van der Waals surface area (Å²) in [7, 11) is 0. The van der Waals surface area contributed by atoms with E-state index in [1.165, 1.54) is 11.3 Å². The van der Waals surface area contributed by atoms with Gasteiger partial charge in [-0.05, 0) is 36.8 Å². The number of nitrogens with one attached hydrogen (secondary N) is 1. The van der Waals surface area contributed by atoms with Gasteiger partial charge < -0.3 is 4.98 Å². The maximum atomic E-state index is 12.8. The summed E-state index contributed by atoms with van der Waals surface area (Å²) < 4.78 is 0. The predicted octanol–water partition coefficient (Wildman–Crippen LogP) is 5.93. The highest BCUT2D eigenvalue weighted by Crippen LogP contribution is 2.37. The monoisotopic (exact) mass is 386 g/mol. The fraction of sp³-hybridized carbons (Fsp3) is 0.0526. The topological polar surface area (TPSA) is 45.8 Å². The van der Waals surface area contributed by atoms with E-state index in [9.17, 15) is 4.79 Å². The molecule has 0 unspecified atom stereocenters. The fourth-order valence-corrected chi connectivity index (χ4v) is 4.26. The highest BCUT2D eigenvalue weighted by atomic mass is 35.5. The van der Waals surface area contributed by atoms with Gasteiger partial charge in [0.05, 0.1) is 10.4 Å². The molecule has 2 heterocycles. The molecule has 0 atom stereocenters. The van der Waals surface area contributed by atoms with Crippen molar-refractivity contribution in [3.63, 3.8) is 0 Å². The fourth-order valence-electron chi connectivity index (χ4n) is 2.86. The number of halogens is 2. The molecular weight excluding hydrogens is 375 g/mol. The zero-order valence-electron chi connectivity index (χ0n) is 13.1. The first kappa shape index (κ1) is 16.3. The Balaban J connectivity index is 1.97. The van der Waals surface area contributed by atoms with E-state index in [-0.39, 0.29) is 5.56 Å². The summed E-state index contributed by atoms with van der Waals surface area (Å²) in [6, 6.07) is 14.8. The van der Waals surface area contributed by atoms with Crippen molar-refractivity contribution < 1.29 is 0 Å². The number of nitrogens with zero attached hydrogens (tertiary/aromatic N) is 1. The van der Waals surface area contributed by atoms with Crippen LogP contribution in [0.4, 0.5) is 0 Å². The van der Waals surface area contributed by atoms with Gasteiger partial charge in [0.25, 0.3) is 5.56 Å². The minimum atomic E-state index is -0.172. The van der Waals surface area contributed by atoms with Crippen LogP contribution in [0.5, 0.6) is 0 Å². The molecule has 4 aromatic rings. The lowest BCUT2D eigenvalue weighted by Crippen LogP contribution is -2.09. The predicted molar refractivity (Wildman–Crippen MR) is 106 cm³/mol. The van der Waals surface area contributed by atoms with Gasteiger partial charge in [-0.25, -0.2) is 4.98 Å². The lowest BCUT2D eigenvalue weighted by atomic mass is 10.0. The van der Waals surface area contributed by atoms with Crippen molar-refractivity contribution in [3.05, 3.63) is 73.8 Å². The molecule has 124 valence electrons. The zero-order chi connectivity index (χ0) is 17.6. The Morgan fingerprint density at radius 2 is 1.76 bits per heavy atom. The van der Waals surface area contributed by atoms with Gasteiger partial charge in [0.15, 0.2) is 0 Å². The van der Waals surface area contributed by atoms with Gasteiger partial charge in [0.1, 0.15) is 10.7 Å². The molecule has 3 nitrogen and oxygen atoms in total. The van der Waals surface area contributed by atoms with Crippen LogP contribution < -0.4 is 5.56 Å². The van der Waals surface area contributed by atoms with Crippen LogP contribution in [0.15, 0.2) is 53.3 Å². The lowest BCUT2D eigenvalue weighted by Gasteiger charge is -2.04. The van der Waals surface area contributed by atoms with E-state index in [1.54, 1.807) is 6.07 Å². The smallest absolute Gasteiger partial charge is 0.260 e. The summed E-state index contributed by atoms with van der Waals surface area (Å²) >= 11 is 13.7. The maximum Gasteiger partial charge on any atom is 0.260 e. The van der Waals surface area contributed by atoms with Crippen LogP contribution in [-0.4, -0.2) is 9.97 Å². The molecule has 25 heavy (non-hydrogen) atoms. The summed E-state index contributed by atoms with van der Waals surface area (Å²) in [5.74, 6) is 0.479. The number of hydrogen-bond acceptors (Lipinski definition) is 3. The molecule has 0 radical (unpaired) electrons. The second kappa shape index (κ2) is 6.30. The van der Waals surface area contributed by atoms with Gasteiger partial charge in [-0.15, -0.1) is 11.3 Å². The first-order valence-electron chi connectivity index (χ1n) is 7.59. The van der Waals surface area contributed by atoms with E-state index >= 15 is 0 Å². The van der Waals surface area contributed by atoms with Crippen LogP contribution >= 0.6 is 34.5 Å². The molecular formula is C19H12Cl2N2OS. The van der Waals surface area contributed by atoms with Gasteiger partial charge >= 0.3 is 0 Å². The number of H-pyrrole nitrogens is 1. The molecule has 0 fully saturated rings. The summed E-state index contributed by atoms with van der Waals surface area (Å²) in [5, 5.41) is 1.81. The highest BCUT2D eigenvalue weighted by molar-refractivity contribution is 7.19. The standard InChI is InChI=1S/C19H12Cl2N2OS/c1-10-15(11-6-8-12(20)9-7-11)16-18(24)22-17(23-19(16)25-10)13-4-2-3-5-14(13)21/h2-9H,1H3,(H,22,23,24). The van der Waals surface area contributed by atoms with Crippen molar-refractivity contribution in [2.75, 3.05) is 0 Å². The molecule has 0 saturated carbocycles. The first-order valence-corrected chi connectivity index (χ1v) is 9.16. The van der Waals surface area contributed by atoms with Gasteiger partial charge in [-0.2, -0.15) is 0 Å². The maximum absolute atomic E-state index is 12.8. The molecule has 0 aliphatic heterocycles. The number of aromatic nitrogens is 2. The van der Waals surface area contributed by atoms with Crippen molar-refractivity contribution in [3.8, 4) is 22.5 Å². The SMILES string of the molecule is Cc1sc2nc(-c3ccccc3Cl)[nH]c(=O)c2c1-c1ccc(Cl)cc1. The summed E-state index contributed by atoms with van der Waals surface area (Å²) in [5.41, 5.74) is 2.39. The number of fused-ring (bicyclic) bond motifs is 1. The average molecular weight is 387 g/mol. The summed E-state index contributed by atoms with van der Waals surface area (Å²) in [6.07, 6.45) is 0. The number of aromatic amines is 1.